The summed E-state index contributed by atoms with van der Waals surface area (Å²) in [5.41, 5.74) is 5.87. The molecule has 10 nitrogen and oxygen atoms in total. The van der Waals surface area contributed by atoms with Crippen molar-refractivity contribution >= 4 is 29.0 Å². The molecule has 10 heteroatoms. The van der Waals surface area contributed by atoms with Gasteiger partial charge in [-0.15, -0.1) is 0 Å². The Kier molecular flexibility index (Phi) is 6.76. The predicted octanol–water partition coefficient (Wildman–Crippen LogP) is 0.596. The number of phenolic OH excluding ortho intramolecular Hbond substituents is 1. The minimum atomic E-state index is -2.73. The van der Waals surface area contributed by atoms with E-state index in [1.54, 1.807) is 20.2 Å². The molecule has 2 aromatic carbocycles. The fourth-order valence-corrected chi connectivity index (χ4v) is 7.03. The Balaban J connectivity index is 1.60. The van der Waals surface area contributed by atoms with Crippen molar-refractivity contribution in [3.63, 3.8) is 0 Å². The number of ketones is 4. The van der Waals surface area contributed by atoms with Gasteiger partial charge in [-0.3, -0.25) is 28.9 Å². The number of rotatable bonds is 5. The Hall–Kier alpha value is -3.73. The number of nitrogens with two attached hydrogens (primary N) is 1. The number of phenols is 1. The summed E-state index contributed by atoms with van der Waals surface area (Å²) in [5, 5.41) is 22.4. The van der Waals surface area contributed by atoms with Crippen molar-refractivity contribution < 1.29 is 34.2 Å². The van der Waals surface area contributed by atoms with Gasteiger partial charge in [-0.25, -0.2) is 0 Å². The Bertz CT molecular complexity index is 1450. The molecule has 2 aromatic rings. The normalized spacial score (nSPS) is 29.8. The first-order valence-electron chi connectivity index (χ1n) is 13.2. The number of aromatic hydroxyl groups is 1. The summed E-state index contributed by atoms with van der Waals surface area (Å²) in [6.45, 7) is 0.754. The number of likely N-dealkylation sites (N-methyl/N-ethyl adjacent to an activating group) is 1. The van der Waals surface area contributed by atoms with Crippen LogP contribution < -0.4 is 5.73 Å². The predicted molar refractivity (Wildman–Crippen MR) is 144 cm³/mol. The van der Waals surface area contributed by atoms with E-state index < -0.39 is 64.4 Å². The number of aliphatic hydroxyl groups is 1. The van der Waals surface area contributed by atoms with Crippen molar-refractivity contribution in [1.82, 2.24) is 9.80 Å². The lowest BCUT2D eigenvalue weighted by molar-refractivity contribution is -0.181. The van der Waals surface area contributed by atoms with Gasteiger partial charge in [0.1, 0.15) is 5.75 Å². The van der Waals surface area contributed by atoms with E-state index in [1.807, 2.05) is 43.3 Å². The Morgan fingerprint density at radius 2 is 1.65 bits per heavy atom. The zero-order valence-electron chi connectivity index (χ0n) is 22.9. The second kappa shape index (κ2) is 9.72. The van der Waals surface area contributed by atoms with E-state index in [-0.39, 0.29) is 24.2 Å². The zero-order valence-corrected chi connectivity index (χ0v) is 22.9. The quantitative estimate of drug-likeness (QED) is 0.456. The fraction of sp³-hybridized carbons (Fsp3) is 0.433. The van der Waals surface area contributed by atoms with Crippen LogP contribution in [0, 0.1) is 23.7 Å². The fourth-order valence-electron chi connectivity index (χ4n) is 7.03. The largest absolute Gasteiger partial charge is 0.507 e. The molecule has 0 heterocycles. The van der Waals surface area contributed by atoms with Gasteiger partial charge in [0.05, 0.1) is 17.5 Å². The van der Waals surface area contributed by atoms with Gasteiger partial charge in [-0.2, -0.15) is 0 Å². The average Bonchev–Trinajstić information content (AvgIpc) is 2.86. The first-order valence-corrected chi connectivity index (χ1v) is 13.2. The molecule has 2 unspecified atom stereocenters. The molecule has 0 bridgehead atoms. The summed E-state index contributed by atoms with van der Waals surface area (Å²) in [4.78, 5) is 70.0. The van der Waals surface area contributed by atoms with Gasteiger partial charge >= 0.3 is 0 Å². The summed E-state index contributed by atoms with van der Waals surface area (Å²) in [7, 11) is 7.07. The van der Waals surface area contributed by atoms with Crippen LogP contribution in [0.3, 0.4) is 0 Å². The van der Waals surface area contributed by atoms with Crippen molar-refractivity contribution in [2.75, 3.05) is 28.2 Å². The first kappa shape index (κ1) is 27.8. The number of Topliss-reactive ketones (excluding diaryl/α,β-unsaturated/α-hetero) is 4. The average molecular weight is 548 g/mol. The maximum absolute atomic E-state index is 13.9. The highest BCUT2D eigenvalue weighted by molar-refractivity contribution is 6.32. The van der Waals surface area contributed by atoms with E-state index in [9.17, 15) is 34.2 Å². The van der Waals surface area contributed by atoms with E-state index >= 15 is 0 Å². The molecular weight excluding hydrogens is 514 g/mol. The van der Waals surface area contributed by atoms with Crippen molar-refractivity contribution in [3.05, 3.63) is 53.1 Å². The minimum absolute atomic E-state index is 0.0125. The van der Waals surface area contributed by atoms with E-state index in [0.717, 1.165) is 23.2 Å². The van der Waals surface area contributed by atoms with E-state index in [0.29, 0.717) is 5.56 Å². The van der Waals surface area contributed by atoms with Gasteiger partial charge in [-0.1, -0.05) is 30.3 Å². The lowest BCUT2D eigenvalue weighted by Crippen LogP contribution is -2.74. The summed E-state index contributed by atoms with van der Waals surface area (Å²) >= 11 is 0. The Labute approximate surface area is 231 Å². The van der Waals surface area contributed by atoms with Gasteiger partial charge in [0.25, 0.3) is 0 Å². The summed E-state index contributed by atoms with van der Waals surface area (Å²) in [6.07, 6.45) is 0.232. The topological polar surface area (TPSA) is 158 Å². The number of nitrogens with zero attached hydrogens (tertiary/aromatic N) is 2. The number of carbonyl (C=O) groups is 5. The maximum Gasteiger partial charge on any atom is 0.235 e. The number of amides is 1. The van der Waals surface area contributed by atoms with Crippen LogP contribution in [-0.2, 0) is 32.1 Å². The van der Waals surface area contributed by atoms with E-state index in [1.165, 1.54) is 11.0 Å². The van der Waals surface area contributed by atoms with Crippen LogP contribution in [0.5, 0.6) is 5.75 Å². The number of hydrogen-bond donors (Lipinski definition) is 3. The number of hydrogen-bond acceptors (Lipinski definition) is 9. The lowest BCUT2D eigenvalue weighted by atomic mass is 9.52. The Morgan fingerprint density at radius 1 is 1.00 bits per heavy atom. The SMILES string of the molecule is CN(C)Cc1ccc(-c2ccc(O)c3c2C[C@@H]2C[C@@H]4[C@@H](N(C)C)C(=O)C(C(N)=O)C(=O)[C@]4(O)C(=O)C2C3=O)cc1. The van der Waals surface area contributed by atoms with Crippen LogP contribution in [0.1, 0.15) is 27.9 Å². The molecule has 1 amide bonds. The Morgan fingerprint density at radius 3 is 2.23 bits per heavy atom. The van der Waals surface area contributed by atoms with Crippen LogP contribution in [0.15, 0.2) is 36.4 Å². The molecular formula is C30H33N3O7. The maximum atomic E-state index is 13.9. The molecule has 4 N–H and O–H groups in total. The van der Waals surface area contributed by atoms with Crippen LogP contribution in [-0.4, -0.2) is 88.9 Å². The van der Waals surface area contributed by atoms with Crippen molar-refractivity contribution in [2.24, 2.45) is 29.4 Å². The number of carbonyl (C=O) groups excluding carboxylic acids is 5. The third kappa shape index (κ3) is 4.01. The number of primary amides is 1. The highest BCUT2D eigenvalue weighted by Gasteiger charge is 2.69. The van der Waals surface area contributed by atoms with Crippen LogP contribution in [0.25, 0.3) is 11.1 Å². The second-order valence-corrected chi connectivity index (χ2v) is 11.7. The van der Waals surface area contributed by atoms with Crippen LogP contribution >= 0.6 is 0 Å². The zero-order chi connectivity index (χ0) is 29.3. The molecule has 40 heavy (non-hydrogen) atoms. The van der Waals surface area contributed by atoms with Gasteiger partial charge in [-0.05, 0) is 75.3 Å². The molecule has 5 rings (SSSR count). The summed E-state index contributed by atoms with van der Waals surface area (Å²) in [5.74, 6) is -10.5. The monoisotopic (exact) mass is 547 g/mol. The molecule has 2 saturated carbocycles. The highest BCUT2D eigenvalue weighted by Crippen LogP contribution is 2.51. The molecule has 2 fully saturated rings. The van der Waals surface area contributed by atoms with E-state index in [2.05, 4.69) is 0 Å². The number of benzene rings is 2. The third-order valence-corrected chi connectivity index (χ3v) is 8.71. The molecule has 0 aliphatic heterocycles. The standard InChI is InChI=1S/C30H33N3O7/c1-32(2)13-14-5-7-15(8-6-14)17-9-10-20(34)22-18(17)11-16-12-19-24(33(3)4)26(36)23(29(31)39)28(38)30(19,40)27(37)21(16)25(22)35/h5-10,16,19,21,23-24,34,40H,11-13H2,1-4H3,(H2,31,39)/t16-,19-,21?,23?,24-,30-/m1/s1. The molecule has 0 saturated heterocycles. The lowest BCUT2D eigenvalue weighted by Gasteiger charge is -2.52. The molecule has 0 radical (unpaired) electrons. The van der Waals surface area contributed by atoms with Crippen molar-refractivity contribution in [2.45, 2.75) is 31.0 Å². The highest BCUT2D eigenvalue weighted by atomic mass is 16.3. The molecule has 210 valence electrons. The molecule has 0 spiro atoms. The number of fused-ring (bicyclic) bond motifs is 3. The minimum Gasteiger partial charge on any atom is -0.507 e. The molecule has 0 aromatic heterocycles. The second-order valence-electron chi connectivity index (χ2n) is 11.7. The van der Waals surface area contributed by atoms with Crippen molar-refractivity contribution in [1.29, 1.82) is 0 Å². The van der Waals surface area contributed by atoms with E-state index in [4.69, 9.17) is 5.73 Å². The van der Waals surface area contributed by atoms with Gasteiger partial charge < -0.3 is 20.8 Å². The third-order valence-electron chi connectivity index (χ3n) is 8.71. The smallest absolute Gasteiger partial charge is 0.235 e. The van der Waals surface area contributed by atoms with Gasteiger partial charge in [0.15, 0.2) is 34.7 Å². The van der Waals surface area contributed by atoms with Gasteiger partial charge in [0, 0.05) is 12.5 Å². The molecule has 3 aliphatic rings. The van der Waals surface area contributed by atoms with Gasteiger partial charge in [0.2, 0.25) is 5.91 Å². The van der Waals surface area contributed by atoms with Crippen LogP contribution in [0.4, 0.5) is 0 Å². The molecule has 3 aliphatic carbocycles. The van der Waals surface area contributed by atoms with Crippen LogP contribution in [0.2, 0.25) is 0 Å². The first-order chi connectivity index (χ1) is 18.8. The molecule has 6 atom stereocenters. The summed E-state index contributed by atoms with van der Waals surface area (Å²) < 4.78 is 0. The van der Waals surface area contributed by atoms with Crippen molar-refractivity contribution in [3.8, 4) is 16.9 Å². The summed E-state index contributed by atoms with van der Waals surface area (Å²) in [6, 6.07) is 9.87.